The second-order valence-corrected chi connectivity index (χ2v) is 3.40. The Bertz CT molecular complexity index is 123. The second kappa shape index (κ2) is 5.35. The van der Waals surface area contributed by atoms with Crippen molar-refractivity contribution in [3.8, 4) is 0 Å². The van der Waals surface area contributed by atoms with Crippen LogP contribution >= 0.6 is 12.2 Å². The van der Waals surface area contributed by atoms with Crippen LogP contribution in [0.3, 0.4) is 0 Å². The van der Waals surface area contributed by atoms with Gasteiger partial charge in [-0.05, 0) is 32.5 Å². The smallest absolute Gasteiger partial charge is 0.166 e. The number of nitrogens with zero attached hydrogens (tertiary/aromatic N) is 1. The number of nitrogens with two attached hydrogens (primary N) is 1. The molecule has 0 amide bonds. The van der Waals surface area contributed by atoms with Gasteiger partial charge in [0.2, 0.25) is 0 Å². The van der Waals surface area contributed by atoms with Crippen molar-refractivity contribution in [3.05, 3.63) is 0 Å². The summed E-state index contributed by atoms with van der Waals surface area (Å²) in [5.41, 5.74) is 5.54. The monoisotopic (exact) mass is 174 g/mol. The van der Waals surface area contributed by atoms with Crippen LogP contribution in [0.4, 0.5) is 0 Å². The Kier molecular flexibility index (Phi) is 5.20. The minimum absolute atomic E-state index is 0.430. The first kappa shape index (κ1) is 10.7. The fourth-order valence-corrected chi connectivity index (χ4v) is 1.25. The Labute approximate surface area is 74.8 Å². The minimum atomic E-state index is 0.430. The molecule has 0 saturated heterocycles. The van der Waals surface area contributed by atoms with Gasteiger partial charge in [0.15, 0.2) is 5.11 Å². The van der Waals surface area contributed by atoms with E-state index in [1.807, 2.05) is 0 Å². The number of unbranched alkanes of at least 4 members (excludes halogenated alkanes) is 1. The lowest BCUT2D eigenvalue weighted by atomic mass is 10.3. The molecule has 0 aromatic heterocycles. The molecule has 0 unspecified atom stereocenters. The fraction of sp³-hybridized carbons (Fsp3) is 0.875. The van der Waals surface area contributed by atoms with Crippen molar-refractivity contribution in [3.63, 3.8) is 0 Å². The fourth-order valence-electron chi connectivity index (χ4n) is 0.951. The van der Waals surface area contributed by atoms with Gasteiger partial charge in [0.1, 0.15) is 0 Å². The molecule has 0 fully saturated rings. The van der Waals surface area contributed by atoms with E-state index in [2.05, 4.69) is 25.7 Å². The summed E-state index contributed by atoms with van der Waals surface area (Å²) in [5, 5.41) is 0.522. The van der Waals surface area contributed by atoms with Crippen molar-refractivity contribution in [2.75, 3.05) is 6.54 Å². The number of thiocarbonyl (C=S) groups is 1. The van der Waals surface area contributed by atoms with Gasteiger partial charge < -0.3 is 10.6 Å². The first-order valence-electron chi connectivity index (χ1n) is 4.15. The average molecular weight is 174 g/mol. The van der Waals surface area contributed by atoms with Gasteiger partial charge in [-0.3, -0.25) is 0 Å². The number of hydrogen-bond acceptors (Lipinski definition) is 1. The van der Waals surface area contributed by atoms with Crippen LogP contribution in [0.1, 0.15) is 33.6 Å². The van der Waals surface area contributed by atoms with E-state index in [0.717, 1.165) is 13.0 Å². The maximum Gasteiger partial charge on any atom is 0.166 e. The third-order valence-corrected chi connectivity index (χ3v) is 1.89. The molecule has 0 aliphatic rings. The van der Waals surface area contributed by atoms with Gasteiger partial charge in [-0.25, -0.2) is 0 Å². The summed E-state index contributed by atoms with van der Waals surface area (Å²) < 4.78 is 0. The lowest BCUT2D eigenvalue weighted by Gasteiger charge is -2.26. The lowest BCUT2D eigenvalue weighted by Crippen LogP contribution is -2.41. The summed E-state index contributed by atoms with van der Waals surface area (Å²) in [6, 6.07) is 0.430. The largest absolute Gasteiger partial charge is 0.376 e. The molecule has 0 heterocycles. The van der Waals surface area contributed by atoms with Gasteiger partial charge in [-0.2, -0.15) is 0 Å². The van der Waals surface area contributed by atoms with Crippen LogP contribution in [-0.2, 0) is 0 Å². The summed E-state index contributed by atoms with van der Waals surface area (Å²) in [5.74, 6) is 0. The third-order valence-electron chi connectivity index (χ3n) is 1.66. The zero-order chi connectivity index (χ0) is 8.85. The molecule has 0 rings (SSSR count). The van der Waals surface area contributed by atoms with Gasteiger partial charge in [-0.1, -0.05) is 13.3 Å². The van der Waals surface area contributed by atoms with E-state index in [4.69, 9.17) is 18.0 Å². The molecule has 0 radical (unpaired) electrons. The van der Waals surface area contributed by atoms with Crippen LogP contribution in [0, 0.1) is 0 Å². The molecule has 0 atom stereocenters. The van der Waals surface area contributed by atoms with E-state index in [-0.39, 0.29) is 0 Å². The van der Waals surface area contributed by atoms with Crippen molar-refractivity contribution in [2.24, 2.45) is 5.73 Å². The predicted octanol–water partition coefficient (Wildman–Crippen LogP) is 1.74. The molecule has 0 saturated carbocycles. The van der Waals surface area contributed by atoms with Crippen LogP contribution in [0.15, 0.2) is 0 Å². The highest BCUT2D eigenvalue weighted by molar-refractivity contribution is 7.80. The predicted molar refractivity (Wildman–Crippen MR) is 53.5 cm³/mol. The van der Waals surface area contributed by atoms with Crippen molar-refractivity contribution in [1.29, 1.82) is 0 Å². The van der Waals surface area contributed by atoms with Crippen LogP contribution in [0.5, 0.6) is 0 Å². The third kappa shape index (κ3) is 4.19. The Hall–Kier alpha value is -0.310. The van der Waals surface area contributed by atoms with E-state index in [9.17, 15) is 0 Å². The molecular weight excluding hydrogens is 156 g/mol. The highest BCUT2D eigenvalue weighted by Gasteiger charge is 2.08. The summed E-state index contributed by atoms with van der Waals surface area (Å²) >= 11 is 4.91. The Morgan fingerprint density at radius 1 is 1.55 bits per heavy atom. The Morgan fingerprint density at radius 3 is 2.36 bits per heavy atom. The van der Waals surface area contributed by atoms with E-state index in [0.29, 0.717) is 11.2 Å². The van der Waals surface area contributed by atoms with Gasteiger partial charge in [-0.15, -0.1) is 0 Å². The zero-order valence-electron chi connectivity index (χ0n) is 7.63. The number of rotatable bonds is 4. The van der Waals surface area contributed by atoms with Crippen molar-refractivity contribution >= 4 is 17.3 Å². The van der Waals surface area contributed by atoms with Crippen molar-refractivity contribution in [1.82, 2.24) is 4.90 Å². The molecule has 11 heavy (non-hydrogen) atoms. The molecule has 0 aliphatic heterocycles. The van der Waals surface area contributed by atoms with E-state index < -0.39 is 0 Å². The molecule has 0 aromatic rings. The quantitative estimate of drug-likeness (QED) is 0.658. The topological polar surface area (TPSA) is 29.3 Å². The molecule has 0 aliphatic carbocycles. The van der Waals surface area contributed by atoms with E-state index in [1.165, 1.54) is 6.42 Å². The first-order valence-corrected chi connectivity index (χ1v) is 4.56. The normalized spacial score (nSPS) is 10.2. The van der Waals surface area contributed by atoms with Crippen molar-refractivity contribution in [2.45, 2.75) is 39.7 Å². The highest BCUT2D eigenvalue weighted by Crippen LogP contribution is 2.00. The molecule has 3 heteroatoms. The van der Waals surface area contributed by atoms with Gasteiger partial charge in [0.25, 0.3) is 0 Å². The van der Waals surface area contributed by atoms with Crippen LogP contribution in [0.25, 0.3) is 0 Å². The minimum Gasteiger partial charge on any atom is -0.376 e. The van der Waals surface area contributed by atoms with Crippen LogP contribution < -0.4 is 5.73 Å². The molecule has 0 bridgehead atoms. The van der Waals surface area contributed by atoms with Gasteiger partial charge in [0, 0.05) is 12.6 Å². The Morgan fingerprint density at radius 2 is 2.09 bits per heavy atom. The second-order valence-electron chi connectivity index (χ2n) is 2.98. The van der Waals surface area contributed by atoms with Crippen molar-refractivity contribution < 1.29 is 0 Å². The maximum absolute atomic E-state index is 5.54. The van der Waals surface area contributed by atoms with E-state index >= 15 is 0 Å². The first-order chi connectivity index (χ1) is 5.09. The summed E-state index contributed by atoms with van der Waals surface area (Å²) in [4.78, 5) is 2.05. The van der Waals surface area contributed by atoms with Gasteiger partial charge >= 0.3 is 0 Å². The molecule has 0 aromatic carbocycles. The zero-order valence-corrected chi connectivity index (χ0v) is 8.45. The lowest BCUT2D eigenvalue weighted by molar-refractivity contribution is 0.345. The molecule has 2 N–H and O–H groups in total. The molecule has 2 nitrogen and oxygen atoms in total. The summed E-state index contributed by atoms with van der Waals surface area (Å²) in [6.07, 6.45) is 2.35. The Balaban J connectivity index is 3.80. The van der Waals surface area contributed by atoms with E-state index in [1.54, 1.807) is 0 Å². The maximum atomic E-state index is 5.54. The summed E-state index contributed by atoms with van der Waals surface area (Å²) in [7, 11) is 0. The molecule has 66 valence electrons. The molecular formula is C8H18N2S. The standard InChI is InChI=1S/C8H18N2S/c1-4-5-6-10(7(2)3)8(9)11/h7H,4-6H2,1-3H3,(H2,9,11). The van der Waals surface area contributed by atoms with Gasteiger partial charge in [0.05, 0.1) is 0 Å². The highest BCUT2D eigenvalue weighted by atomic mass is 32.1. The van der Waals surface area contributed by atoms with Crippen LogP contribution in [0.2, 0.25) is 0 Å². The SMILES string of the molecule is CCCCN(C(N)=S)C(C)C. The number of hydrogen-bond donors (Lipinski definition) is 1. The average Bonchev–Trinajstić information content (AvgIpc) is 1.87. The molecule has 0 spiro atoms. The van der Waals surface area contributed by atoms with Crippen LogP contribution in [-0.4, -0.2) is 22.6 Å². The summed E-state index contributed by atoms with van der Waals surface area (Å²) in [6.45, 7) is 7.37.